The number of aliphatic hydroxyl groups excluding tert-OH is 1. The fourth-order valence-corrected chi connectivity index (χ4v) is 7.50. The van der Waals surface area contributed by atoms with Gasteiger partial charge in [-0.25, -0.2) is 0 Å². The van der Waals surface area contributed by atoms with Crippen LogP contribution in [0.25, 0.3) is 0 Å². The van der Waals surface area contributed by atoms with Gasteiger partial charge in [-0.2, -0.15) is 0 Å². The first-order valence-corrected chi connectivity index (χ1v) is 11.0. The van der Waals surface area contributed by atoms with E-state index in [4.69, 9.17) is 11.6 Å². The van der Waals surface area contributed by atoms with Crippen LogP contribution in [0.3, 0.4) is 0 Å². The number of carbonyl (C=O) groups is 3. The summed E-state index contributed by atoms with van der Waals surface area (Å²) >= 11 is 7.53. The van der Waals surface area contributed by atoms with E-state index in [-0.39, 0.29) is 29.6 Å². The molecule has 156 valence electrons. The van der Waals surface area contributed by atoms with Gasteiger partial charge in [0.2, 0.25) is 17.7 Å². The number of amides is 3. The smallest absolute Gasteiger partial charge is 0.248 e. The summed E-state index contributed by atoms with van der Waals surface area (Å²) in [6.07, 6.45) is 1.48. The molecule has 9 heteroatoms. The highest BCUT2D eigenvalue weighted by molar-refractivity contribution is 8.02. The van der Waals surface area contributed by atoms with Gasteiger partial charge in [-0.1, -0.05) is 11.6 Å². The normalized spacial score (nSPS) is 33.5. The van der Waals surface area contributed by atoms with Crippen molar-refractivity contribution in [2.75, 3.05) is 19.0 Å². The molecule has 0 radical (unpaired) electrons. The van der Waals surface area contributed by atoms with Gasteiger partial charge in [0, 0.05) is 23.0 Å². The zero-order valence-electron chi connectivity index (χ0n) is 16.2. The topological polar surface area (TPSA) is 98.7 Å². The lowest BCUT2D eigenvalue weighted by Crippen LogP contribution is -2.54. The average Bonchev–Trinajstić information content (AvgIpc) is 3.35. The summed E-state index contributed by atoms with van der Waals surface area (Å²) in [5.41, 5.74) is 0.587. The third-order valence-electron chi connectivity index (χ3n) is 6.39. The molecule has 2 unspecified atom stereocenters. The molecule has 3 amide bonds. The van der Waals surface area contributed by atoms with Crippen molar-refractivity contribution in [2.24, 2.45) is 11.8 Å². The number of hydrogen-bond acceptors (Lipinski definition) is 5. The van der Waals surface area contributed by atoms with Crippen LogP contribution in [0.15, 0.2) is 24.3 Å². The first kappa shape index (κ1) is 20.5. The molecule has 3 N–H and O–H groups in total. The van der Waals surface area contributed by atoms with Crippen LogP contribution in [0.1, 0.15) is 19.8 Å². The first-order chi connectivity index (χ1) is 13.8. The average molecular weight is 438 g/mol. The lowest BCUT2D eigenvalue weighted by molar-refractivity contribution is -0.141. The first-order valence-electron chi connectivity index (χ1n) is 9.73. The Labute approximate surface area is 178 Å². The third kappa shape index (κ3) is 3.04. The molecule has 3 aliphatic rings. The second-order valence-corrected chi connectivity index (χ2v) is 9.98. The number of aliphatic hydroxyl groups is 1. The molecule has 4 rings (SSSR count). The second-order valence-electron chi connectivity index (χ2n) is 7.94. The van der Waals surface area contributed by atoms with E-state index in [1.165, 1.54) is 4.90 Å². The van der Waals surface area contributed by atoms with Gasteiger partial charge in [0.15, 0.2) is 0 Å². The van der Waals surface area contributed by atoms with Gasteiger partial charge < -0.3 is 20.6 Å². The highest BCUT2D eigenvalue weighted by atomic mass is 35.5. The monoisotopic (exact) mass is 437 g/mol. The highest BCUT2D eigenvalue weighted by Gasteiger charge is 2.73. The van der Waals surface area contributed by atoms with Crippen LogP contribution >= 0.6 is 23.4 Å². The van der Waals surface area contributed by atoms with Gasteiger partial charge in [-0.05, 0) is 44.0 Å². The number of thioether (sulfide) groups is 1. The van der Waals surface area contributed by atoms with Crippen molar-refractivity contribution in [3.8, 4) is 0 Å². The molecule has 3 fully saturated rings. The Morgan fingerprint density at radius 1 is 1.34 bits per heavy atom. The predicted molar refractivity (Wildman–Crippen MR) is 112 cm³/mol. The van der Waals surface area contributed by atoms with E-state index in [2.05, 4.69) is 10.6 Å². The Morgan fingerprint density at radius 3 is 2.66 bits per heavy atom. The van der Waals surface area contributed by atoms with E-state index in [9.17, 15) is 19.5 Å². The zero-order valence-corrected chi connectivity index (χ0v) is 17.8. The summed E-state index contributed by atoms with van der Waals surface area (Å²) in [6, 6.07) is 5.51. The maximum Gasteiger partial charge on any atom is 0.248 e. The lowest BCUT2D eigenvalue weighted by Gasteiger charge is -2.35. The number of carbonyl (C=O) groups excluding carboxylic acids is 3. The van der Waals surface area contributed by atoms with Crippen molar-refractivity contribution in [2.45, 2.75) is 41.8 Å². The molecule has 6 atom stereocenters. The Hall–Kier alpha value is -1.77. The summed E-state index contributed by atoms with van der Waals surface area (Å²) in [7, 11) is 1.57. The van der Waals surface area contributed by atoms with Crippen LogP contribution in [0.4, 0.5) is 5.69 Å². The third-order valence-corrected chi connectivity index (χ3v) is 8.59. The van der Waals surface area contributed by atoms with Crippen molar-refractivity contribution in [3.05, 3.63) is 29.3 Å². The van der Waals surface area contributed by atoms with Crippen LogP contribution in [-0.2, 0) is 14.4 Å². The van der Waals surface area contributed by atoms with E-state index in [1.807, 2.05) is 0 Å². The number of hydrogen-bond donors (Lipinski definition) is 3. The number of fused-ring (bicyclic) bond motifs is 1. The Balaban J connectivity index is 1.72. The molecule has 7 nitrogen and oxygen atoms in total. The number of likely N-dealkylation sites (tertiary alicyclic amines) is 1. The molecular weight excluding hydrogens is 414 g/mol. The largest absolute Gasteiger partial charge is 0.394 e. The fraction of sp³-hybridized carbons (Fsp3) is 0.550. The van der Waals surface area contributed by atoms with E-state index in [1.54, 1.807) is 50.0 Å². The number of nitrogens with zero attached hydrogens (tertiary/aromatic N) is 1. The summed E-state index contributed by atoms with van der Waals surface area (Å²) in [4.78, 5) is 40.9. The molecule has 2 bridgehead atoms. The molecule has 0 saturated carbocycles. The van der Waals surface area contributed by atoms with Crippen LogP contribution in [0, 0.1) is 11.8 Å². The molecule has 0 aliphatic carbocycles. The predicted octanol–water partition coefficient (Wildman–Crippen LogP) is 1.50. The number of benzene rings is 1. The van der Waals surface area contributed by atoms with E-state index < -0.39 is 28.7 Å². The van der Waals surface area contributed by atoms with Crippen LogP contribution in [-0.4, -0.2) is 63.5 Å². The van der Waals surface area contributed by atoms with E-state index >= 15 is 0 Å². The van der Waals surface area contributed by atoms with Crippen molar-refractivity contribution in [1.82, 2.24) is 10.2 Å². The van der Waals surface area contributed by atoms with Gasteiger partial charge in [0.05, 0.1) is 29.2 Å². The minimum atomic E-state index is -0.748. The Morgan fingerprint density at radius 2 is 2.03 bits per heavy atom. The Kier molecular flexibility index (Phi) is 5.29. The second kappa shape index (κ2) is 7.49. The quantitative estimate of drug-likeness (QED) is 0.648. The number of anilines is 1. The number of rotatable bonds is 5. The summed E-state index contributed by atoms with van der Waals surface area (Å²) < 4.78 is -0.654. The number of nitrogens with one attached hydrogen (secondary N) is 2. The van der Waals surface area contributed by atoms with Crippen molar-refractivity contribution < 1.29 is 19.5 Å². The molecular formula is C20H24ClN3O4S. The van der Waals surface area contributed by atoms with Crippen LogP contribution in [0.2, 0.25) is 5.02 Å². The van der Waals surface area contributed by atoms with E-state index in [0.717, 1.165) is 6.42 Å². The van der Waals surface area contributed by atoms with Gasteiger partial charge in [0.25, 0.3) is 0 Å². The molecule has 3 heterocycles. The molecule has 1 spiro atoms. The summed E-state index contributed by atoms with van der Waals surface area (Å²) in [6.45, 7) is 1.47. The molecule has 0 aromatic heterocycles. The minimum absolute atomic E-state index is 0.0290. The molecule has 1 aromatic carbocycles. The molecule has 3 aliphatic heterocycles. The van der Waals surface area contributed by atoms with Crippen molar-refractivity contribution >= 4 is 46.8 Å². The van der Waals surface area contributed by atoms with Crippen LogP contribution < -0.4 is 10.6 Å². The van der Waals surface area contributed by atoms with Crippen LogP contribution in [0.5, 0.6) is 0 Å². The fourth-order valence-electron chi connectivity index (χ4n) is 5.16. The van der Waals surface area contributed by atoms with Crippen molar-refractivity contribution in [1.29, 1.82) is 0 Å². The zero-order chi connectivity index (χ0) is 20.9. The minimum Gasteiger partial charge on any atom is -0.394 e. The Bertz CT molecular complexity index is 851. The van der Waals surface area contributed by atoms with Gasteiger partial charge in [0.1, 0.15) is 6.04 Å². The summed E-state index contributed by atoms with van der Waals surface area (Å²) in [5.74, 6) is -1.67. The maximum atomic E-state index is 13.4. The molecule has 3 saturated heterocycles. The molecule has 1 aromatic rings. The van der Waals surface area contributed by atoms with Gasteiger partial charge in [-0.3, -0.25) is 14.4 Å². The SMILES string of the molecule is CNC(=O)[C@@H]1[C@H]2C(=O)N([C@H](C)CO)C(C(=O)Nc3ccc(Cl)cc3)C23CC[C@H]1S3. The van der Waals surface area contributed by atoms with E-state index in [0.29, 0.717) is 17.1 Å². The lowest BCUT2D eigenvalue weighted by atomic mass is 9.71. The van der Waals surface area contributed by atoms with Gasteiger partial charge >= 0.3 is 0 Å². The maximum absolute atomic E-state index is 13.4. The molecule has 29 heavy (non-hydrogen) atoms. The number of halogens is 1. The summed E-state index contributed by atoms with van der Waals surface area (Å²) in [5, 5.41) is 15.9. The highest BCUT2D eigenvalue weighted by Crippen LogP contribution is 2.66. The van der Waals surface area contributed by atoms with Gasteiger partial charge in [-0.15, -0.1) is 11.8 Å². The standard InChI is InChI=1S/C20H24ClN3O4S/c1-10(9-25)24-16(18(27)23-12-5-3-11(21)4-6-12)20-8-7-13(29-20)14(17(26)22-2)15(20)19(24)28/h3-6,10,13-16,25H,7-9H2,1-2H3,(H,22,26)(H,23,27)/t10-,13-,14+,15+,16?,20?/m1/s1. The van der Waals surface area contributed by atoms with Crippen molar-refractivity contribution in [3.63, 3.8) is 0 Å².